The third-order valence-corrected chi connectivity index (χ3v) is 7.86. The number of rotatable bonds is 34. The summed E-state index contributed by atoms with van der Waals surface area (Å²) in [6.07, 6.45) is 49.8. The standard InChI is InChI=1S/C41H72O4/c1-3-5-7-9-11-13-14-15-16-17-18-19-20-21-22-23-24-25-26-27-28-29-30-32-34-36-41(43)45-40(38-42)39-44-37-35-33-31-12-10-8-6-4-2/h5,7,11,13,15-16,18-19,21-22,40,42H,3-4,6,8-10,12,14,17,20,23-39H2,1-2H3/b7-5-,13-11-,16-15-,19-18-,22-21-. The van der Waals surface area contributed by atoms with Crippen LogP contribution in [0.5, 0.6) is 0 Å². The lowest BCUT2D eigenvalue weighted by molar-refractivity contribution is -0.154. The van der Waals surface area contributed by atoms with E-state index in [2.05, 4.69) is 74.6 Å². The summed E-state index contributed by atoms with van der Waals surface area (Å²) in [5.41, 5.74) is 0. The van der Waals surface area contributed by atoms with Crippen LogP contribution in [0.3, 0.4) is 0 Å². The van der Waals surface area contributed by atoms with E-state index in [0.717, 1.165) is 51.4 Å². The van der Waals surface area contributed by atoms with Crippen molar-refractivity contribution in [3.8, 4) is 0 Å². The van der Waals surface area contributed by atoms with Gasteiger partial charge in [0.25, 0.3) is 0 Å². The van der Waals surface area contributed by atoms with Gasteiger partial charge in [-0.1, -0.05) is 164 Å². The molecule has 0 saturated heterocycles. The summed E-state index contributed by atoms with van der Waals surface area (Å²) >= 11 is 0. The van der Waals surface area contributed by atoms with Gasteiger partial charge < -0.3 is 14.6 Å². The SMILES string of the molecule is CC/C=C\C/C=C\C/C=C\C/C=C\C/C=C\CCCCCCCCCCCC(=O)OC(CO)COCCCCCCCCCC. The number of allylic oxidation sites excluding steroid dienone is 10. The first-order valence-electron chi connectivity index (χ1n) is 18.9. The van der Waals surface area contributed by atoms with Crippen LogP contribution in [0.15, 0.2) is 60.8 Å². The summed E-state index contributed by atoms with van der Waals surface area (Å²) in [6.45, 7) is 5.20. The predicted molar refractivity (Wildman–Crippen MR) is 196 cm³/mol. The molecule has 0 rings (SSSR count). The van der Waals surface area contributed by atoms with Crippen LogP contribution in [-0.4, -0.2) is 37.0 Å². The molecule has 0 aromatic carbocycles. The summed E-state index contributed by atoms with van der Waals surface area (Å²) in [4.78, 5) is 12.1. The van der Waals surface area contributed by atoms with Crippen LogP contribution in [-0.2, 0) is 14.3 Å². The summed E-state index contributed by atoms with van der Waals surface area (Å²) in [5.74, 6) is -0.211. The Morgan fingerprint density at radius 3 is 1.51 bits per heavy atom. The van der Waals surface area contributed by atoms with E-state index in [9.17, 15) is 9.90 Å². The number of hydrogen-bond donors (Lipinski definition) is 1. The van der Waals surface area contributed by atoms with E-state index in [1.165, 1.54) is 96.3 Å². The van der Waals surface area contributed by atoms with Crippen molar-refractivity contribution < 1.29 is 19.4 Å². The van der Waals surface area contributed by atoms with Crippen molar-refractivity contribution >= 4 is 5.97 Å². The number of esters is 1. The van der Waals surface area contributed by atoms with Crippen LogP contribution in [0.2, 0.25) is 0 Å². The quantitative estimate of drug-likeness (QED) is 0.0437. The third kappa shape index (κ3) is 36.4. The Labute approximate surface area is 279 Å². The molecule has 260 valence electrons. The Kier molecular flexibility index (Phi) is 36.6. The van der Waals surface area contributed by atoms with E-state index in [1.54, 1.807) is 0 Å². The summed E-state index contributed by atoms with van der Waals surface area (Å²) < 4.78 is 11.1. The van der Waals surface area contributed by atoms with Gasteiger partial charge in [0.2, 0.25) is 0 Å². The molecule has 1 unspecified atom stereocenters. The van der Waals surface area contributed by atoms with Crippen molar-refractivity contribution in [1.82, 2.24) is 0 Å². The highest BCUT2D eigenvalue weighted by Gasteiger charge is 2.13. The fourth-order valence-electron chi connectivity index (χ4n) is 5.06. The summed E-state index contributed by atoms with van der Waals surface area (Å²) in [7, 11) is 0. The minimum atomic E-state index is -0.535. The Morgan fingerprint density at radius 1 is 0.556 bits per heavy atom. The lowest BCUT2D eigenvalue weighted by atomic mass is 10.1. The smallest absolute Gasteiger partial charge is 0.306 e. The van der Waals surface area contributed by atoms with E-state index in [-0.39, 0.29) is 12.6 Å². The maximum absolute atomic E-state index is 12.1. The molecular weight excluding hydrogens is 556 g/mol. The molecule has 0 amide bonds. The monoisotopic (exact) mass is 629 g/mol. The van der Waals surface area contributed by atoms with Gasteiger partial charge in [-0.05, 0) is 57.8 Å². The average Bonchev–Trinajstić information content (AvgIpc) is 3.05. The second kappa shape index (κ2) is 38.3. The fraction of sp³-hybridized carbons (Fsp3) is 0.732. The molecule has 4 heteroatoms. The van der Waals surface area contributed by atoms with E-state index < -0.39 is 6.10 Å². The zero-order chi connectivity index (χ0) is 32.7. The first kappa shape index (κ1) is 43.1. The minimum absolute atomic E-state index is 0.175. The van der Waals surface area contributed by atoms with Crippen LogP contribution in [0, 0.1) is 0 Å². The molecule has 4 nitrogen and oxygen atoms in total. The Hall–Kier alpha value is -1.91. The molecule has 0 bridgehead atoms. The largest absolute Gasteiger partial charge is 0.457 e. The molecule has 0 aromatic rings. The van der Waals surface area contributed by atoms with Crippen molar-refractivity contribution in [2.45, 2.75) is 174 Å². The highest BCUT2D eigenvalue weighted by Crippen LogP contribution is 2.13. The number of aliphatic hydroxyl groups excluding tert-OH is 1. The zero-order valence-electron chi connectivity index (χ0n) is 29.6. The molecule has 0 aliphatic rings. The fourth-order valence-corrected chi connectivity index (χ4v) is 5.06. The molecule has 0 radical (unpaired) electrons. The molecule has 0 spiro atoms. The van der Waals surface area contributed by atoms with Gasteiger partial charge in [0.15, 0.2) is 0 Å². The predicted octanol–water partition coefficient (Wildman–Crippen LogP) is 12.1. The van der Waals surface area contributed by atoms with Crippen LogP contribution < -0.4 is 0 Å². The van der Waals surface area contributed by atoms with Gasteiger partial charge in [-0.25, -0.2) is 0 Å². The molecular formula is C41H72O4. The van der Waals surface area contributed by atoms with Gasteiger partial charge in [0.05, 0.1) is 13.2 Å². The molecule has 0 aliphatic carbocycles. The van der Waals surface area contributed by atoms with Crippen molar-refractivity contribution in [3.63, 3.8) is 0 Å². The van der Waals surface area contributed by atoms with Gasteiger partial charge in [-0.15, -0.1) is 0 Å². The molecule has 1 atom stereocenters. The molecule has 0 aromatic heterocycles. The Balaban J connectivity index is 3.47. The van der Waals surface area contributed by atoms with Gasteiger partial charge in [-0.3, -0.25) is 4.79 Å². The van der Waals surface area contributed by atoms with Crippen LogP contribution in [0.25, 0.3) is 0 Å². The molecule has 45 heavy (non-hydrogen) atoms. The van der Waals surface area contributed by atoms with Gasteiger partial charge in [-0.2, -0.15) is 0 Å². The van der Waals surface area contributed by atoms with E-state index in [1.807, 2.05) is 0 Å². The maximum atomic E-state index is 12.1. The molecule has 0 saturated carbocycles. The van der Waals surface area contributed by atoms with Gasteiger partial charge >= 0.3 is 5.97 Å². The van der Waals surface area contributed by atoms with E-state index >= 15 is 0 Å². The number of ether oxygens (including phenoxy) is 2. The Morgan fingerprint density at radius 2 is 1.00 bits per heavy atom. The molecule has 0 fully saturated rings. The average molecular weight is 629 g/mol. The topological polar surface area (TPSA) is 55.8 Å². The van der Waals surface area contributed by atoms with Crippen LogP contribution in [0.1, 0.15) is 168 Å². The van der Waals surface area contributed by atoms with Gasteiger partial charge in [0, 0.05) is 13.0 Å². The van der Waals surface area contributed by atoms with Crippen molar-refractivity contribution in [2.75, 3.05) is 19.8 Å². The maximum Gasteiger partial charge on any atom is 0.306 e. The second-order valence-electron chi connectivity index (χ2n) is 12.3. The lowest BCUT2D eigenvalue weighted by Crippen LogP contribution is -2.27. The third-order valence-electron chi connectivity index (χ3n) is 7.86. The molecule has 0 heterocycles. The number of unbranched alkanes of at least 4 members (excludes halogenated alkanes) is 16. The van der Waals surface area contributed by atoms with Crippen molar-refractivity contribution in [2.24, 2.45) is 0 Å². The minimum Gasteiger partial charge on any atom is -0.457 e. The summed E-state index contributed by atoms with van der Waals surface area (Å²) in [6, 6.07) is 0. The molecule has 0 aliphatic heterocycles. The lowest BCUT2D eigenvalue weighted by Gasteiger charge is -2.16. The number of aliphatic hydroxyl groups is 1. The highest BCUT2D eigenvalue weighted by atomic mass is 16.6. The summed E-state index contributed by atoms with van der Waals surface area (Å²) in [5, 5.41) is 9.52. The number of carbonyl (C=O) groups excluding carboxylic acids is 1. The zero-order valence-corrected chi connectivity index (χ0v) is 29.6. The van der Waals surface area contributed by atoms with Crippen molar-refractivity contribution in [3.05, 3.63) is 60.8 Å². The number of carbonyl (C=O) groups is 1. The second-order valence-corrected chi connectivity index (χ2v) is 12.3. The van der Waals surface area contributed by atoms with Crippen LogP contribution >= 0.6 is 0 Å². The van der Waals surface area contributed by atoms with Crippen molar-refractivity contribution in [1.29, 1.82) is 0 Å². The van der Waals surface area contributed by atoms with E-state index in [0.29, 0.717) is 19.6 Å². The highest BCUT2D eigenvalue weighted by molar-refractivity contribution is 5.69. The Bertz CT molecular complexity index is 749. The normalized spacial score (nSPS) is 13.0. The molecule has 1 N–H and O–H groups in total. The first-order valence-corrected chi connectivity index (χ1v) is 18.9. The number of hydrogen-bond acceptors (Lipinski definition) is 4. The van der Waals surface area contributed by atoms with E-state index in [4.69, 9.17) is 9.47 Å². The first-order chi connectivity index (χ1) is 22.2. The van der Waals surface area contributed by atoms with Crippen LogP contribution in [0.4, 0.5) is 0 Å². The van der Waals surface area contributed by atoms with Gasteiger partial charge in [0.1, 0.15) is 6.10 Å².